The molecule has 1 aromatic carbocycles. The Labute approximate surface area is 105 Å². The quantitative estimate of drug-likeness (QED) is 0.897. The van der Waals surface area contributed by atoms with E-state index in [0.717, 1.165) is 16.5 Å². The fraction of sp³-hybridized carbons (Fsp3) is 0.538. The molecule has 16 heavy (non-hydrogen) atoms. The molecule has 0 heterocycles. The Kier molecular flexibility index (Phi) is 4.93. The summed E-state index contributed by atoms with van der Waals surface area (Å²) < 4.78 is 13.7. The molecule has 0 saturated heterocycles. The first-order valence-electron chi connectivity index (χ1n) is 5.61. The Bertz CT molecular complexity index is 352. The minimum atomic E-state index is -0.221. The summed E-state index contributed by atoms with van der Waals surface area (Å²) in [5.74, 6) is 0.798. The van der Waals surface area contributed by atoms with Crippen LogP contribution in [-0.4, -0.2) is 6.04 Å². The lowest BCUT2D eigenvalue weighted by atomic mass is 9.87. The van der Waals surface area contributed by atoms with Crippen LogP contribution < -0.4 is 5.73 Å². The first kappa shape index (κ1) is 13.7. The van der Waals surface area contributed by atoms with Gasteiger partial charge in [-0.1, -0.05) is 42.8 Å². The highest BCUT2D eigenvalue weighted by Crippen LogP contribution is 2.22. The maximum absolute atomic E-state index is 12.9. The molecular formula is C13H19BrFN. The molecule has 2 unspecified atom stereocenters. The third kappa shape index (κ3) is 3.56. The van der Waals surface area contributed by atoms with Crippen LogP contribution in [0.2, 0.25) is 0 Å². The van der Waals surface area contributed by atoms with Crippen molar-refractivity contribution in [3.63, 3.8) is 0 Å². The van der Waals surface area contributed by atoms with Crippen LogP contribution in [-0.2, 0) is 6.42 Å². The summed E-state index contributed by atoms with van der Waals surface area (Å²) in [7, 11) is 0. The van der Waals surface area contributed by atoms with Crippen molar-refractivity contribution < 1.29 is 4.39 Å². The number of halogens is 2. The molecule has 0 amide bonds. The predicted octanol–water partition coefficient (Wildman–Crippen LogP) is 3.75. The van der Waals surface area contributed by atoms with Crippen molar-refractivity contribution in [3.8, 4) is 0 Å². The molecule has 0 spiro atoms. The molecule has 0 aliphatic heterocycles. The highest BCUT2D eigenvalue weighted by Gasteiger charge is 2.17. The van der Waals surface area contributed by atoms with E-state index in [0.29, 0.717) is 11.8 Å². The average Bonchev–Trinajstić information content (AvgIpc) is 2.20. The van der Waals surface area contributed by atoms with E-state index in [4.69, 9.17) is 5.73 Å². The Morgan fingerprint density at radius 2 is 1.94 bits per heavy atom. The zero-order valence-corrected chi connectivity index (χ0v) is 11.6. The Hall–Kier alpha value is -0.410. The van der Waals surface area contributed by atoms with Crippen LogP contribution >= 0.6 is 15.9 Å². The van der Waals surface area contributed by atoms with Gasteiger partial charge >= 0.3 is 0 Å². The number of benzene rings is 1. The lowest BCUT2D eigenvalue weighted by Gasteiger charge is -2.23. The number of rotatable bonds is 4. The monoisotopic (exact) mass is 287 g/mol. The van der Waals surface area contributed by atoms with Gasteiger partial charge in [0.1, 0.15) is 5.82 Å². The van der Waals surface area contributed by atoms with Crippen LogP contribution in [0.3, 0.4) is 0 Å². The standard InChI is InChI=1S/C13H19BrFN/c1-8(2)9(3)13(16)6-10-4-5-11(15)7-12(10)14/h4-5,7-9,13H,6,16H2,1-3H3. The van der Waals surface area contributed by atoms with Gasteiger partial charge in [0.25, 0.3) is 0 Å². The largest absolute Gasteiger partial charge is 0.327 e. The van der Waals surface area contributed by atoms with E-state index in [2.05, 4.69) is 36.7 Å². The van der Waals surface area contributed by atoms with Crippen LogP contribution in [0.5, 0.6) is 0 Å². The highest BCUT2D eigenvalue weighted by atomic mass is 79.9. The summed E-state index contributed by atoms with van der Waals surface area (Å²) in [5, 5.41) is 0. The Morgan fingerprint density at radius 1 is 1.31 bits per heavy atom. The van der Waals surface area contributed by atoms with E-state index < -0.39 is 0 Å². The van der Waals surface area contributed by atoms with Crippen molar-refractivity contribution in [1.82, 2.24) is 0 Å². The molecule has 90 valence electrons. The van der Waals surface area contributed by atoms with Crippen molar-refractivity contribution in [2.45, 2.75) is 33.2 Å². The van der Waals surface area contributed by atoms with Gasteiger partial charge in [-0.2, -0.15) is 0 Å². The molecule has 3 heteroatoms. The minimum Gasteiger partial charge on any atom is -0.327 e. The van der Waals surface area contributed by atoms with Crippen molar-refractivity contribution in [1.29, 1.82) is 0 Å². The molecule has 2 atom stereocenters. The summed E-state index contributed by atoms with van der Waals surface area (Å²) >= 11 is 3.37. The fourth-order valence-electron chi connectivity index (χ4n) is 1.62. The third-order valence-electron chi connectivity index (χ3n) is 3.20. The van der Waals surface area contributed by atoms with Crippen molar-refractivity contribution in [2.24, 2.45) is 17.6 Å². The molecule has 1 nitrogen and oxygen atoms in total. The van der Waals surface area contributed by atoms with Crippen molar-refractivity contribution >= 4 is 15.9 Å². The first-order chi connectivity index (χ1) is 7.41. The van der Waals surface area contributed by atoms with Crippen LogP contribution in [0.15, 0.2) is 22.7 Å². The summed E-state index contributed by atoms with van der Waals surface area (Å²) in [6.45, 7) is 6.50. The molecule has 0 saturated carbocycles. The van der Waals surface area contributed by atoms with E-state index in [1.54, 1.807) is 6.07 Å². The predicted molar refractivity (Wildman–Crippen MR) is 69.8 cm³/mol. The third-order valence-corrected chi connectivity index (χ3v) is 3.94. The zero-order valence-electron chi connectivity index (χ0n) is 10.0. The highest BCUT2D eigenvalue weighted by molar-refractivity contribution is 9.10. The average molecular weight is 288 g/mol. The molecule has 0 radical (unpaired) electrons. The van der Waals surface area contributed by atoms with E-state index >= 15 is 0 Å². The van der Waals surface area contributed by atoms with Crippen LogP contribution in [0.25, 0.3) is 0 Å². The topological polar surface area (TPSA) is 26.0 Å². The summed E-state index contributed by atoms with van der Waals surface area (Å²) in [6.07, 6.45) is 0.778. The molecule has 2 N–H and O–H groups in total. The summed E-state index contributed by atoms with van der Waals surface area (Å²) in [6, 6.07) is 4.88. The first-order valence-corrected chi connectivity index (χ1v) is 6.40. The second kappa shape index (κ2) is 5.78. The van der Waals surface area contributed by atoms with Gasteiger partial charge in [0.2, 0.25) is 0 Å². The Balaban J connectivity index is 2.73. The maximum Gasteiger partial charge on any atom is 0.124 e. The second-order valence-electron chi connectivity index (χ2n) is 4.71. The van der Waals surface area contributed by atoms with E-state index in [1.165, 1.54) is 12.1 Å². The van der Waals surface area contributed by atoms with Gasteiger partial charge in [-0.05, 0) is 36.0 Å². The number of hydrogen-bond donors (Lipinski definition) is 1. The maximum atomic E-state index is 12.9. The molecule has 0 aromatic heterocycles. The lowest BCUT2D eigenvalue weighted by molar-refractivity contribution is 0.344. The zero-order chi connectivity index (χ0) is 12.3. The van der Waals surface area contributed by atoms with E-state index in [9.17, 15) is 4.39 Å². The summed E-state index contributed by atoms with van der Waals surface area (Å²) in [5.41, 5.74) is 7.21. The molecule has 0 aliphatic rings. The molecule has 1 aromatic rings. The van der Waals surface area contributed by atoms with Gasteiger partial charge in [-0.3, -0.25) is 0 Å². The van der Waals surface area contributed by atoms with Gasteiger partial charge in [0, 0.05) is 10.5 Å². The molecule has 1 rings (SSSR count). The fourth-order valence-corrected chi connectivity index (χ4v) is 2.13. The van der Waals surface area contributed by atoms with Crippen molar-refractivity contribution in [2.75, 3.05) is 0 Å². The number of hydrogen-bond acceptors (Lipinski definition) is 1. The minimum absolute atomic E-state index is 0.113. The molecule has 0 bridgehead atoms. The van der Waals surface area contributed by atoms with Gasteiger partial charge in [-0.25, -0.2) is 4.39 Å². The van der Waals surface area contributed by atoms with Gasteiger partial charge in [0.05, 0.1) is 0 Å². The smallest absolute Gasteiger partial charge is 0.124 e. The van der Waals surface area contributed by atoms with Crippen LogP contribution in [0, 0.1) is 17.7 Å². The van der Waals surface area contributed by atoms with Gasteiger partial charge in [-0.15, -0.1) is 0 Å². The Morgan fingerprint density at radius 3 is 2.44 bits per heavy atom. The van der Waals surface area contributed by atoms with Gasteiger partial charge < -0.3 is 5.73 Å². The van der Waals surface area contributed by atoms with Crippen molar-refractivity contribution in [3.05, 3.63) is 34.1 Å². The van der Waals surface area contributed by atoms with Crippen LogP contribution in [0.1, 0.15) is 26.3 Å². The molecule has 0 fully saturated rings. The van der Waals surface area contributed by atoms with Crippen LogP contribution in [0.4, 0.5) is 4.39 Å². The second-order valence-corrected chi connectivity index (χ2v) is 5.56. The lowest BCUT2D eigenvalue weighted by Crippen LogP contribution is -2.33. The molecular weight excluding hydrogens is 269 g/mol. The van der Waals surface area contributed by atoms with E-state index in [1.807, 2.05) is 0 Å². The SMILES string of the molecule is CC(C)C(C)C(N)Cc1ccc(F)cc1Br. The number of nitrogens with two attached hydrogens (primary N) is 1. The summed E-state index contributed by atoms with van der Waals surface area (Å²) in [4.78, 5) is 0. The van der Waals surface area contributed by atoms with E-state index in [-0.39, 0.29) is 11.9 Å². The normalized spacial score (nSPS) is 15.2. The van der Waals surface area contributed by atoms with Gasteiger partial charge in [0.15, 0.2) is 0 Å². The molecule has 0 aliphatic carbocycles.